The molecule has 0 radical (unpaired) electrons. The minimum atomic E-state index is -3.95. The molecule has 0 saturated heterocycles. The van der Waals surface area contributed by atoms with E-state index in [0.29, 0.717) is 17.2 Å². The normalized spacial score (nSPS) is 18.8. The number of aliphatic hydroxyl groups excluding tert-OH is 1. The van der Waals surface area contributed by atoms with Crippen LogP contribution in [0.15, 0.2) is 53.9 Å². The minimum absolute atomic E-state index is 0.0766. The summed E-state index contributed by atoms with van der Waals surface area (Å²) in [4.78, 5) is 32.3. The van der Waals surface area contributed by atoms with Crippen molar-refractivity contribution in [3.05, 3.63) is 54.5 Å². The van der Waals surface area contributed by atoms with Crippen LogP contribution in [0.5, 0.6) is 17.2 Å². The van der Waals surface area contributed by atoms with E-state index >= 15 is 0 Å². The number of aromatic nitrogens is 2. The number of imidazole rings is 1. The van der Waals surface area contributed by atoms with Gasteiger partial charge in [-0.1, -0.05) is 13.0 Å². The van der Waals surface area contributed by atoms with Crippen LogP contribution in [0.2, 0.25) is 0 Å². The highest BCUT2D eigenvalue weighted by Crippen LogP contribution is 2.36. The molecule has 14 nitrogen and oxygen atoms in total. The molecule has 0 saturated carbocycles. The average Bonchev–Trinajstić information content (AvgIpc) is 3.63. The molecular formula is C28H34N6O8S. The Kier molecular flexibility index (Phi) is 8.48. The number of hydrogen-bond donors (Lipinski definition) is 3. The van der Waals surface area contributed by atoms with Crippen LogP contribution in [0.1, 0.15) is 24.2 Å². The Morgan fingerprint density at radius 3 is 2.70 bits per heavy atom. The van der Waals surface area contributed by atoms with Gasteiger partial charge in [-0.3, -0.25) is 4.79 Å². The SMILES string of the molecule is C[C@H](CO)N1C[C@H](C)[C@@H](CN(C)S(=O)(=O)c2cn(C)cn2)Oc2c(NC(=O)Nc3ccc4c(c3)OCO4)cccc2C1=O. The molecule has 2 aliphatic heterocycles. The smallest absolute Gasteiger partial charge is 0.323 e. The molecule has 3 amide bonds. The predicted octanol–water partition coefficient (Wildman–Crippen LogP) is 2.33. The highest BCUT2D eigenvalue weighted by atomic mass is 32.2. The first-order valence-electron chi connectivity index (χ1n) is 13.6. The molecule has 43 heavy (non-hydrogen) atoms. The zero-order chi connectivity index (χ0) is 30.9. The Bertz CT molecular complexity index is 1630. The fourth-order valence-corrected chi connectivity index (χ4v) is 5.99. The lowest BCUT2D eigenvalue weighted by atomic mass is 9.99. The number of urea groups is 1. The van der Waals surface area contributed by atoms with Gasteiger partial charge >= 0.3 is 6.03 Å². The third kappa shape index (κ3) is 6.23. The number of nitrogens with one attached hydrogen (secondary N) is 2. The Morgan fingerprint density at radius 1 is 1.21 bits per heavy atom. The Balaban J connectivity index is 1.45. The van der Waals surface area contributed by atoms with Gasteiger partial charge in [-0.15, -0.1) is 0 Å². The van der Waals surface area contributed by atoms with Crippen LogP contribution in [-0.2, 0) is 17.1 Å². The van der Waals surface area contributed by atoms with Crippen LogP contribution in [0, 0.1) is 5.92 Å². The zero-order valence-electron chi connectivity index (χ0n) is 24.2. The van der Waals surface area contributed by atoms with E-state index in [9.17, 15) is 23.1 Å². The van der Waals surface area contributed by atoms with E-state index < -0.39 is 34.1 Å². The molecule has 2 aliphatic rings. The number of para-hydroxylation sites is 1. The van der Waals surface area contributed by atoms with E-state index in [2.05, 4.69) is 15.6 Å². The van der Waals surface area contributed by atoms with Crippen LogP contribution in [0.3, 0.4) is 0 Å². The van der Waals surface area contributed by atoms with Gasteiger partial charge in [-0.05, 0) is 31.2 Å². The summed E-state index contributed by atoms with van der Waals surface area (Å²) in [6, 6.07) is 8.59. The summed E-state index contributed by atoms with van der Waals surface area (Å²) >= 11 is 0. The van der Waals surface area contributed by atoms with Crippen molar-refractivity contribution >= 4 is 33.3 Å². The number of rotatable bonds is 8. The summed E-state index contributed by atoms with van der Waals surface area (Å²) in [7, 11) is -0.844. The predicted molar refractivity (Wildman–Crippen MR) is 156 cm³/mol. The third-order valence-corrected chi connectivity index (χ3v) is 9.07. The Hall–Kier alpha value is -4.34. The number of carbonyl (C=O) groups excluding carboxylic acids is 2. The maximum atomic E-state index is 13.7. The second kappa shape index (κ2) is 12.1. The molecule has 3 heterocycles. The van der Waals surface area contributed by atoms with Crippen LogP contribution in [0.25, 0.3) is 0 Å². The summed E-state index contributed by atoms with van der Waals surface area (Å²) in [5.74, 6) is 0.387. The molecule has 3 aromatic rings. The van der Waals surface area contributed by atoms with Gasteiger partial charge < -0.3 is 39.4 Å². The van der Waals surface area contributed by atoms with Crippen LogP contribution in [0.4, 0.5) is 16.2 Å². The van der Waals surface area contributed by atoms with Gasteiger partial charge in [0.2, 0.25) is 6.79 Å². The van der Waals surface area contributed by atoms with Gasteiger partial charge in [-0.2, -0.15) is 4.31 Å². The van der Waals surface area contributed by atoms with Crippen molar-refractivity contribution in [2.24, 2.45) is 13.0 Å². The van der Waals surface area contributed by atoms with E-state index in [4.69, 9.17) is 14.2 Å². The maximum absolute atomic E-state index is 13.7. The molecule has 0 fully saturated rings. The fourth-order valence-electron chi connectivity index (χ4n) is 4.85. The second-order valence-corrected chi connectivity index (χ2v) is 12.6. The number of anilines is 2. The van der Waals surface area contributed by atoms with Crippen molar-refractivity contribution in [2.45, 2.75) is 31.0 Å². The molecule has 15 heteroatoms. The van der Waals surface area contributed by atoms with Crippen LogP contribution in [-0.4, -0.2) is 89.9 Å². The van der Waals surface area contributed by atoms with Crippen molar-refractivity contribution in [3.8, 4) is 17.2 Å². The Labute approximate surface area is 249 Å². The van der Waals surface area contributed by atoms with Crippen molar-refractivity contribution < 1.29 is 37.3 Å². The highest BCUT2D eigenvalue weighted by Gasteiger charge is 2.36. The van der Waals surface area contributed by atoms with E-state index in [1.165, 1.54) is 29.0 Å². The number of sulfonamides is 1. The van der Waals surface area contributed by atoms with Crippen molar-refractivity contribution in [2.75, 3.05) is 44.2 Å². The standard InChI is InChI=1S/C28H34N6O8S/c1-17-11-34(18(2)14-35)27(36)20-6-5-7-21(31-28(37)30-19-8-9-22-23(10-19)41-16-40-22)26(20)42-24(17)12-33(4)43(38,39)25-13-32(3)15-29-25/h5-10,13,15,17-18,24,35H,11-12,14,16H2,1-4H3,(H2,30,31,37)/t17-,18+,24+/m0/s1. The number of aryl methyl sites for hydroxylation is 1. The van der Waals surface area contributed by atoms with Gasteiger partial charge in [0.15, 0.2) is 22.3 Å². The molecule has 0 unspecified atom stereocenters. The molecule has 5 rings (SSSR count). The number of hydrogen-bond acceptors (Lipinski definition) is 9. The van der Waals surface area contributed by atoms with Gasteiger partial charge in [0.25, 0.3) is 15.9 Å². The number of aliphatic hydroxyl groups is 1. The van der Waals surface area contributed by atoms with E-state index in [1.807, 2.05) is 6.92 Å². The number of likely N-dealkylation sites (N-methyl/N-ethyl adjacent to an activating group) is 1. The van der Waals surface area contributed by atoms with Gasteiger partial charge in [0, 0.05) is 44.5 Å². The molecule has 230 valence electrons. The van der Waals surface area contributed by atoms with Crippen molar-refractivity contribution in [1.29, 1.82) is 0 Å². The van der Waals surface area contributed by atoms with Crippen molar-refractivity contribution in [1.82, 2.24) is 18.8 Å². The molecule has 3 N–H and O–H groups in total. The molecule has 3 atom stereocenters. The number of benzene rings is 2. The molecule has 2 aromatic carbocycles. The molecule has 0 aliphatic carbocycles. The molecule has 0 bridgehead atoms. The topological polar surface area (TPSA) is 165 Å². The quantitative estimate of drug-likeness (QED) is 0.345. The minimum Gasteiger partial charge on any atom is -0.486 e. The fraction of sp³-hybridized carbons (Fsp3) is 0.393. The first-order valence-corrected chi connectivity index (χ1v) is 15.1. The zero-order valence-corrected chi connectivity index (χ0v) is 25.0. The summed E-state index contributed by atoms with van der Waals surface area (Å²) in [5.41, 5.74) is 0.816. The third-order valence-electron chi connectivity index (χ3n) is 7.36. The van der Waals surface area contributed by atoms with E-state index in [-0.39, 0.29) is 54.4 Å². The summed E-state index contributed by atoms with van der Waals surface area (Å²) in [6.45, 7) is 3.50. The molecule has 0 spiro atoms. The first kappa shape index (κ1) is 30.1. The summed E-state index contributed by atoms with van der Waals surface area (Å²) in [6.07, 6.45) is 2.06. The number of carbonyl (C=O) groups is 2. The van der Waals surface area contributed by atoms with Gasteiger partial charge in [-0.25, -0.2) is 18.2 Å². The highest BCUT2D eigenvalue weighted by molar-refractivity contribution is 7.89. The maximum Gasteiger partial charge on any atom is 0.323 e. The molecule has 1 aromatic heterocycles. The number of amides is 3. The van der Waals surface area contributed by atoms with E-state index in [1.54, 1.807) is 50.4 Å². The van der Waals surface area contributed by atoms with Crippen molar-refractivity contribution in [3.63, 3.8) is 0 Å². The lowest BCUT2D eigenvalue weighted by Gasteiger charge is -2.38. The van der Waals surface area contributed by atoms with Crippen LogP contribution >= 0.6 is 0 Å². The number of fused-ring (bicyclic) bond motifs is 2. The summed E-state index contributed by atoms with van der Waals surface area (Å²) < 4.78 is 46.3. The lowest BCUT2D eigenvalue weighted by molar-refractivity contribution is 0.0389. The Morgan fingerprint density at radius 2 is 1.98 bits per heavy atom. The average molecular weight is 615 g/mol. The number of nitrogens with zero attached hydrogens (tertiary/aromatic N) is 4. The second-order valence-electron chi connectivity index (χ2n) is 10.6. The van der Waals surface area contributed by atoms with Gasteiger partial charge in [0.1, 0.15) is 6.10 Å². The monoisotopic (exact) mass is 614 g/mol. The van der Waals surface area contributed by atoms with Crippen LogP contribution < -0.4 is 24.8 Å². The van der Waals surface area contributed by atoms with Gasteiger partial charge in [0.05, 0.1) is 36.8 Å². The first-order chi connectivity index (χ1) is 20.5. The number of ether oxygens (including phenoxy) is 3. The lowest BCUT2D eigenvalue weighted by Crippen LogP contribution is -2.50. The van der Waals surface area contributed by atoms with E-state index in [0.717, 1.165) is 4.31 Å². The largest absolute Gasteiger partial charge is 0.486 e. The summed E-state index contributed by atoms with van der Waals surface area (Å²) in [5, 5.41) is 15.3. The molecular weight excluding hydrogens is 580 g/mol.